The summed E-state index contributed by atoms with van der Waals surface area (Å²) in [4.78, 5) is 62.7. The van der Waals surface area contributed by atoms with E-state index < -0.39 is 0 Å². The molecule has 0 unspecified atom stereocenters. The monoisotopic (exact) mass is 712 g/mol. The molecule has 0 bridgehead atoms. The summed E-state index contributed by atoms with van der Waals surface area (Å²) in [6, 6.07) is 24.1. The third-order valence-electron chi connectivity index (χ3n) is 6.81. The Morgan fingerprint density at radius 3 is 1.28 bits per heavy atom. The Hall–Kier alpha value is -5.34. The molecule has 2 heterocycles. The van der Waals surface area contributed by atoms with E-state index in [4.69, 9.17) is 9.47 Å². The van der Waals surface area contributed by atoms with Gasteiger partial charge in [0.05, 0.1) is 11.5 Å². The fraction of sp³-hybridized carbons (Fsp3) is 0.222. The number of aromatic nitrogens is 4. The molecule has 0 aliphatic carbocycles. The topological polar surface area (TPSA) is 168 Å². The van der Waals surface area contributed by atoms with E-state index in [1.807, 2.05) is 13.8 Å². The number of aryl methyl sites for hydroxylation is 2. The number of anilines is 2. The Balaban J connectivity index is 1.05. The Morgan fingerprint density at radius 2 is 0.940 bits per heavy atom. The van der Waals surface area contributed by atoms with Crippen molar-refractivity contribution in [1.82, 2.24) is 19.9 Å². The van der Waals surface area contributed by atoms with Crippen LogP contribution in [0.3, 0.4) is 0 Å². The number of nitrogens with zero attached hydrogens (tertiary/aromatic N) is 2. The van der Waals surface area contributed by atoms with E-state index in [1.165, 1.54) is 35.7 Å². The number of hydrogen-bond donors (Lipinski definition) is 4. The summed E-state index contributed by atoms with van der Waals surface area (Å²) in [7, 11) is 0. The van der Waals surface area contributed by atoms with Crippen LogP contribution in [0.25, 0.3) is 0 Å². The van der Waals surface area contributed by atoms with Gasteiger partial charge < -0.3 is 30.1 Å². The molecule has 0 fully saturated rings. The fourth-order valence-corrected chi connectivity index (χ4v) is 5.98. The molecular weight excluding hydrogens is 677 g/mol. The van der Waals surface area contributed by atoms with E-state index in [-0.39, 0.29) is 34.4 Å². The Kier molecular flexibility index (Phi) is 12.9. The van der Waals surface area contributed by atoms with E-state index in [1.54, 1.807) is 72.8 Å². The van der Waals surface area contributed by atoms with Crippen molar-refractivity contribution in [1.29, 1.82) is 0 Å². The molecule has 0 saturated heterocycles. The van der Waals surface area contributed by atoms with Crippen LogP contribution in [0.15, 0.2) is 105 Å². The lowest BCUT2D eigenvalue weighted by Crippen LogP contribution is -2.15. The van der Waals surface area contributed by atoms with Crippen molar-refractivity contribution in [3.05, 3.63) is 117 Å². The molecule has 14 heteroatoms. The van der Waals surface area contributed by atoms with Crippen LogP contribution in [-0.4, -0.2) is 43.3 Å². The van der Waals surface area contributed by atoms with Gasteiger partial charge in [-0.2, -0.15) is 0 Å². The van der Waals surface area contributed by atoms with Gasteiger partial charge in [0.25, 0.3) is 11.1 Å². The summed E-state index contributed by atoms with van der Waals surface area (Å²) in [5.74, 6) is 2.13. The van der Waals surface area contributed by atoms with Gasteiger partial charge in [-0.25, -0.2) is 9.97 Å². The zero-order valence-electron chi connectivity index (χ0n) is 27.5. The lowest BCUT2D eigenvalue weighted by atomic mass is 10.2. The molecule has 12 nitrogen and oxygen atoms in total. The van der Waals surface area contributed by atoms with E-state index in [0.29, 0.717) is 68.9 Å². The van der Waals surface area contributed by atoms with Gasteiger partial charge in [-0.15, -0.1) is 0 Å². The number of hydrogen-bond acceptors (Lipinski definition) is 10. The molecule has 3 aromatic carbocycles. The molecule has 0 aliphatic heterocycles. The first-order valence-electron chi connectivity index (χ1n) is 16.0. The molecular formula is C36H36N6O6S2. The molecule has 0 spiro atoms. The summed E-state index contributed by atoms with van der Waals surface area (Å²) < 4.78 is 11.9. The first kappa shape index (κ1) is 36.0. The Morgan fingerprint density at radius 1 is 0.600 bits per heavy atom. The number of ether oxygens (including phenoxy) is 2. The Labute approximate surface area is 296 Å². The minimum atomic E-state index is -0.228. The van der Waals surface area contributed by atoms with Crippen molar-refractivity contribution in [2.45, 2.75) is 49.8 Å². The van der Waals surface area contributed by atoms with Crippen LogP contribution < -0.4 is 31.2 Å². The van der Waals surface area contributed by atoms with Crippen LogP contribution in [0.4, 0.5) is 11.4 Å². The van der Waals surface area contributed by atoms with Crippen molar-refractivity contribution in [3.8, 4) is 23.0 Å². The molecule has 258 valence electrons. The minimum absolute atomic E-state index is 0.100. The fourth-order valence-electron chi connectivity index (χ4n) is 4.59. The second kappa shape index (κ2) is 17.9. The molecule has 0 atom stereocenters. The maximum absolute atomic E-state index is 12.5. The summed E-state index contributed by atoms with van der Waals surface area (Å²) in [5, 5.41) is 6.51. The molecule has 0 saturated carbocycles. The number of benzene rings is 3. The van der Waals surface area contributed by atoms with Gasteiger partial charge in [-0.1, -0.05) is 50.2 Å². The van der Waals surface area contributed by atoms with E-state index in [2.05, 4.69) is 30.6 Å². The number of H-pyrrole nitrogens is 2. The summed E-state index contributed by atoms with van der Waals surface area (Å²) in [6.45, 7) is 4.03. The third kappa shape index (κ3) is 11.4. The predicted molar refractivity (Wildman–Crippen MR) is 196 cm³/mol. The second-order valence-electron chi connectivity index (χ2n) is 11.0. The SMILES string of the molecule is CCCc1cc(=O)[nH]c(SCC(=O)Nc2ccc(Oc3ccc(Oc4ccc(NC(=O)CSc5nc(CCC)cc(=O)[nH]5)cc4)cc3)cc2)n1. The highest BCUT2D eigenvalue weighted by atomic mass is 32.2. The van der Waals surface area contributed by atoms with Crippen molar-refractivity contribution >= 4 is 46.7 Å². The third-order valence-corrected chi connectivity index (χ3v) is 8.56. The number of thioether (sulfide) groups is 2. The highest BCUT2D eigenvalue weighted by Gasteiger charge is 2.10. The van der Waals surface area contributed by atoms with Crippen LogP contribution >= 0.6 is 23.5 Å². The molecule has 0 aliphatic rings. The predicted octanol–water partition coefficient (Wildman–Crippen LogP) is 6.80. The number of aromatic amines is 2. The van der Waals surface area contributed by atoms with E-state index >= 15 is 0 Å². The van der Waals surface area contributed by atoms with E-state index in [9.17, 15) is 19.2 Å². The van der Waals surface area contributed by atoms with Crippen LogP contribution in [-0.2, 0) is 22.4 Å². The lowest BCUT2D eigenvalue weighted by Gasteiger charge is -2.10. The molecule has 0 radical (unpaired) electrons. The maximum Gasteiger partial charge on any atom is 0.251 e. The smallest absolute Gasteiger partial charge is 0.251 e. The number of amides is 2. The second-order valence-corrected chi connectivity index (χ2v) is 12.9. The van der Waals surface area contributed by atoms with Gasteiger partial charge in [-0.3, -0.25) is 19.2 Å². The number of rotatable bonds is 16. The van der Waals surface area contributed by atoms with E-state index in [0.717, 1.165) is 12.8 Å². The maximum atomic E-state index is 12.5. The minimum Gasteiger partial charge on any atom is -0.457 e. The molecule has 4 N–H and O–H groups in total. The van der Waals surface area contributed by atoms with Gasteiger partial charge in [-0.05, 0) is 85.6 Å². The van der Waals surface area contributed by atoms with Crippen LogP contribution in [0.1, 0.15) is 38.1 Å². The Bertz CT molecular complexity index is 1870. The van der Waals surface area contributed by atoms with Gasteiger partial charge in [0.2, 0.25) is 11.8 Å². The molecule has 5 aromatic rings. The van der Waals surface area contributed by atoms with Gasteiger partial charge in [0, 0.05) is 34.9 Å². The highest BCUT2D eigenvalue weighted by molar-refractivity contribution is 8.00. The average molecular weight is 713 g/mol. The van der Waals surface area contributed by atoms with Gasteiger partial charge >= 0.3 is 0 Å². The number of nitrogens with one attached hydrogen (secondary N) is 4. The van der Waals surface area contributed by atoms with Crippen molar-refractivity contribution in [2.24, 2.45) is 0 Å². The summed E-state index contributed by atoms with van der Waals surface area (Å²) >= 11 is 2.35. The van der Waals surface area contributed by atoms with Crippen LogP contribution in [0.5, 0.6) is 23.0 Å². The first-order chi connectivity index (χ1) is 24.2. The highest BCUT2D eigenvalue weighted by Crippen LogP contribution is 2.28. The number of carbonyl (C=O) groups is 2. The van der Waals surface area contributed by atoms with Crippen molar-refractivity contribution in [2.75, 3.05) is 22.1 Å². The molecule has 2 aromatic heterocycles. The van der Waals surface area contributed by atoms with Gasteiger partial charge in [0.15, 0.2) is 10.3 Å². The van der Waals surface area contributed by atoms with Crippen LogP contribution in [0.2, 0.25) is 0 Å². The van der Waals surface area contributed by atoms with Crippen molar-refractivity contribution < 1.29 is 19.1 Å². The largest absolute Gasteiger partial charge is 0.457 e. The molecule has 5 rings (SSSR count). The summed E-state index contributed by atoms with van der Waals surface area (Å²) in [6.07, 6.45) is 3.16. The normalized spacial score (nSPS) is 10.8. The van der Waals surface area contributed by atoms with Crippen molar-refractivity contribution in [3.63, 3.8) is 0 Å². The van der Waals surface area contributed by atoms with Crippen LogP contribution in [0, 0.1) is 0 Å². The lowest BCUT2D eigenvalue weighted by molar-refractivity contribution is -0.114. The zero-order chi connectivity index (χ0) is 35.3. The zero-order valence-corrected chi connectivity index (χ0v) is 29.1. The number of carbonyl (C=O) groups excluding carboxylic acids is 2. The first-order valence-corrected chi connectivity index (χ1v) is 17.9. The average Bonchev–Trinajstić information content (AvgIpc) is 3.09. The summed E-state index contributed by atoms with van der Waals surface area (Å²) in [5.41, 5.74) is 2.19. The molecule has 50 heavy (non-hydrogen) atoms. The standard InChI is InChI=1S/C36H36N6O6S2/c1-3-5-25-19-31(43)41-35(39-25)49-21-33(45)37-23-7-11-27(12-8-23)47-29-15-17-30(18-16-29)48-28-13-9-24(10-14-28)38-34(46)22-50-36-40-26(6-4-2)20-32(44)42-36/h7-20H,3-6,21-22H2,1-2H3,(H,37,45)(H,38,46)(H,39,41,43)(H,40,42,44). The quantitative estimate of drug-likeness (QED) is 0.0631. The van der Waals surface area contributed by atoms with Gasteiger partial charge in [0.1, 0.15) is 23.0 Å². The molecule has 2 amide bonds.